The fourth-order valence-corrected chi connectivity index (χ4v) is 5.25. The first kappa shape index (κ1) is 24.9. The molecule has 12 heteroatoms. The highest BCUT2D eigenvalue weighted by molar-refractivity contribution is 7.21. The first-order valence-electron chi connectivity index (χ1n) is 12.2. The van der Waals surface area contributed by atoms with Gasteiger partial charge in [0.25, 0.3) is 0 Å². The SMILES string of the molecule is COc1cnc2c(-c3nc4cc(F)c(O[C@@H]5CC[C@@H]5OC(=O)Nc5cnc(C)nc5)cc4s3)cc(C)cc2n1. The number of amides is 1. The Hall–Kier alpha value is -4.45. The molecular formula is C27H23FN6O4S. The molecule has 6 rings (SSSR count). The molecule has 1 fully saturated rings. The number of rotatable bonds is 6. The Morgan fingerprint density at radius 3 is 2.54 bits per heavy atom. The van der Waals surface area contributed by atoms with E-state index < -0.39 is 24.1 Å². The summed E-state index contributed by atoms with van der Waals surface area (Å²) in [7, 11) is 1.54. The van der Waals surface area contributed by atoms with Gasteiger partial charge in [-0.25, -0.2) is 34.1 Å². The molecule has 0 aliphatic heterocycles. The van der Waals surface area contributed by atoms with E-state index in [1.54, 1.807) is 26.3 Å². The van der Waals surface area contributed by atoms with E-state index in [-0.39, 0.29) is 5.75 Å². The van der Waals surface area contributed by atoms with Crippen molar-refractivity contribution in [3.8, 4) is 22.2 Å². The zero-order valence-electron chi connectivity index (χ0n) is 21.3. The smallest absolute Gasteiger partial charge is 0.412 e. The monoisotopic (exact) mass is 546 g/mol. The molecule has 3 aromatic heterocycles. The molecule has 2 atom stereocenters. The maximum absolute atomic E-state index is 15.0. The molecule has 39 heavy (non-hydrogen) atoms. The van der Waals surface area contributed by atoms with E-state index in [0.29, 0.717) is 51.8 Å². The van der Waals surface area contributed by atoms with Gasteiger partial charge in [0.05, 0.1) is 52.6 Å². The van der Waals surface area contributed by atoms with Crippen LogP contribution in [-0.4, -0.2) is 50.3 Å². The van der Waals surface area contributed by atoms with Gasteiger partial charge < -0.3 is 14.2 Å². The number of aromatic nitrogens is 5. The number of hydrogen-bond acceptors (Lipinski definition) is 10. The highest BCUT2D eigenvalue weighted by Crippen LogP contribution is 2.38. The van der Waals surface area contributed by atoms with Crippen molar-refractivity contribution < 1.29 is 23.4 Å². The van der Waals surface area contributed by atoms with Crippen molar-refractivity contribution in [2.45, 2.75) is 38.9 Å². The van der Waals surface area contributed by atoms with E-state index in [1.807, 2.05) is 19.1 Å². The highest BCUT2D eigenvalue weighted by Gasteiger charge is 2.37. The van der Waals surface area contributed by atoms with Crippen LogP contribution in [0.15, 0.2) is 42.9 Å². The molecule has 0 bridgehead atoms. The Morgan fingerprint density at radius 2 is 1.79 bits per heavy atom. The number of anilines is 1. The number of ether oxygens (including phenoxy) is 3. The lowest BCUT2D eigenvalue weighted by Gasteiger charge is -2.35. The van der Waals surface area contributed by atoms with Gasteiger partial charge in [-0.05, 0) is 44.4 Å². The number of halogens is 1. The maximum Gasteiger partial charge on any atom is 0.412 e. The third-order valence-corrected chi connectivity index (χ3v) is 7.42. The number of thiazole rings is 1. The van der Waals surface area contributed by atoms with Crippen LogP contribution < -0.4 is 14.8 Å². The first-order valence-corrected chi connectivity index (χ1v) is 13.0. The zero-order chi connectivity index (χ0) is 27.1. The number of benzene rings is 2. The molecule has 1 N–H and O–H groups in total. The molecule has 1 saturated carbocycles. The number of fused-ring (bicyclic) bond motifs is 2. The number of methoxy groups -OCH3 is 1. The third kappa shape index (κ3) is 5.02. The van der Waals surface area contributed by atoms with Gasteiger partial charge in [-0.3, -0.25) is 5.32 Å². The summed E-state index contributed by atoms with van der Waals surface area (Å²) >= 11 is 1.41. The molecule has 2 aromatic carbocycles. The van der Waals surface area contributed by atoms with Crippen molar-refractivity contribution in [3.05, 3.63) is 60.1 Å². The Kier molecular flexibility index (Phi) is 6.39. The lowest BCUT2D eigenvalue weighted by atomic mass is 9.92. The quantitative estimate of drug-likeness (QED) is 0.289. The fraction of sp³-hybridized carbons (Fsp3) is 0.259. The van der Waals surface area contributed by atoms with Gasteiger partial charge in [0.2, 0.25) is 5.88 Å². The van der Waals surface area contributed by atoms with Crippen LogP contribution in [0.5, 0.6) is 11.6 Å². The van der Waals surface area contributed by atoms with Crippen molar-refractivity contribution in [3.63, 3.8) is 0 Å². The maximum atomic E-state index is 15.0. The summed E-state index contributed by atoms with van der Waals surface area (Å²) in [5.74, 6) is 0.564. The Balaban J connectivity index is 1.21. The van der Waals surface area contributed by atoms with Crippen LogP contribution >= 0.6 is 11.3 Å². The summed E-state index contributed by atoms with van der Waals surface area (Å²) < 4.78 is 32.4. The molecule has 0 saturated heterocycles. The predicted octanol–water partition coefficient (Wildman–Crippen LogP) is 5.62. The summed E-state index contributed by atoms with van der Waals surface area (Å²) in [6.45, 7) is 3.72. The molecule has 0 spiro atoms. The minimum Gasteiger partial charge on any atom is -0.483 e. The van der Waals surface area contributed by atoms with Gasteiger partial charge in [-0.1, -0.05) is 0 Å². The molecule has 0 unspecified atom stereocenters. The molecule has 198 valence electrons. The van der Waals surface area contributed by atoms with E-state index >= 15 is 4.39 Å². The summed E-state index contributed by atoms with van der Waals surface area (Å²) in [5, 5.41) is 3.28. The van der Waals surface area contributed by atoms with Crippen LogP contribution in [0.2, 0.25) is 0 Å². The number of aryl methyl sites for hydroxylation is 2. The van der Waals surface area contributed by atoms with Gasteiger partial charge in [-0.15, -0.1) is 11.3 Å². The van der Waals surface area contributed by atoms with E-state index in [9.17, 15) is 4.79 Å². The van der Waals surface area contributed by atoms with Crippen molar-refractivity contribution >= 4 is 44.4 Å². The van der Waals surface area contributed by atoms with E-state index in [4.69, 9.17) is 14.2 Å². The van der Waals surface area contributed by atoms with Gasteiger partial charge in [-0.2, -0.15) is 0 Å². The van der Waals surface area contributed by atoms with Crippen molar-refractivity contribution in [1.29, 1.82) is 0 Å². The molecular weight excluding hydrogens is 523 g/mol. The lowest BCUT2D eigenvalue weighted by Crippen LogP contribution is -2.45. The van der Waals surface area contributed by atoms with Crippen LogP contribution in [0, 0.1) is 19.7 Å². The summed E-state index contributed by atoms with van der Waals surface area (Å²) in [6, 6.07) is 6.91. The molecule has 0 radical (unpaired) electrons. The average molecular weight is 547 g/mol. The standard InChI is InChI=1S/C27H23FN6O4S/c1-13-6-16(25-19(7-13)33-24(36-3)12-31-25)26-34-18-8-17(28)22(9-23(18)39-26)37-20-4-5-21(20)38-27(35)32-15-10-29-14(2)30-11-15/h6-12,20-21H,4-5H2,1-3H3,(H,32,35)/t20-,21+/m1/s1. The molecule has 3 heterocycles. The average Bonchev–Trinajstić information content (AvgIpc) is 3.32. The second-order valence-electron chi connectivity index (χ2n) is 9.18. The normalized spacial score (nSPS) is 16.6. The first-order chi connectivity index (χ1) is 18.9. The molecule has 5 aromatic rings. The van der Waals surface area contributed by atoms with Crippen LogP contribution in [0.3, 0.4) is 0 Å². The van der Waals surface area contributed by atoms with Crippen LogP contribution in [0.4, 0.5) is 14.9 Å². The van der Waals surface area contributed by atoms with Crippen molar-refractivity contribution in [2.75, 3.05) is 12.4 Å². The number of hydrogen-bond donors (Lipinski definition) is 1. The van der Waals surface area contributed by atoms with Crippen molar-refractivity contribution in [1.82, 2.24) is 24.9 Å². The fourth-order valence-electron chi connectivity index (χ4n) is 4.26. The van der Waals surface area contributed by atoms with Crippen LogP contribution in [0.25, 0.3) is 31.8 Å². The zero-order valence-corrected chi connectivity index (χ0v) is 22.1. The molecule has 1 aliphatic carbocycles. The van der Waals surface area contributed by atoms with Gasteiger partial charge in [0, 0.05) is 17.7 Å². The van der Waals surface area contributed by atoms with E-state index in [1.165, 1.54) is 29.8 Å². The Morgan fingerprint density at radius 1 is 1.00 bits per heavy atom. The topological polar surface area (TPSA) is 121 Å². The largest absolute Gasteiger partial charge is 0.483 e. The van der Waals surface area contributed by atoms with Gasteiger partial charge >= 0.3 is 6.09 Å². The lowest BCUT2D eigenvalue weighted by molar-refractivity contribution is -0.0431. The van der Waals surface area contributed by atoms with Crippen molar-refractivity contribution in [2.24, 2.45) is 0 Å². The van der Waals surface area contributed by atoms with Gasteiger partial charge in [0.1, 0.15) is 23.0 Å². The number of carbonyl (C=O) groups excluding carboxylic acids is 1. The molecule has 1 aliphatic rings. The number of nitrogens with zero attached hydrogens (tertiary/aromatic N) is 5. The second kappa shape index (κ2) is 10.0. The number of carbonyl (C=O) groups is 1. The molecule has 1 amide bonds. The van der Waals surface area contributed by atoms with Crippen LogP contribution in [-0.2, 0) is 4.74 Å². The van der Waals surface area contributed by atoms with E-state index in [2.05, 4.69) is 30.2 Å². The third-order valence-electron chi connectivity index (χ3n) is 6.36. The summed E-state index contributed by atoms with van der Waals surface area (Å²) in [4.78, 5) is 34.0. The number of nitrogens with one attached hydrogen (secondary N) is 1. The minimum absolute atomic E-state index is 0.0852. The Bertz CT molecular complexity index is 1710. The second-order valence-corrected chi connectivity index (χ2v) is 10.2. The Labute approximate surface area is 226 Å². The van der Waals surface area contributed by atoms with Gasteiger partial charge in [0.15, 0.2) is 11.6 Å². The van der Waals surface area contributed by atoms with Crippen LogP contribution in [0.1, 0.15) is 24.2 Å². The molecule has 10 nitrogen and oxygen atoms in total. The summed E-state index contributed by atoms with van der Waals surface area (Å²) in [5.41, 5.74) is 4.10. The summed E-state index contributed by atoms with van der Waals surface area (Å²) in [6.07, 6.45) is 4.19. The minimum atomic E-state index is -0.644. The van der Waals surface area contributed by atoms with E-state index in [0.717, 1.165) is 15.8 Å². The predicted molar refractivity (Wildman–Crippen MR) is 144 cm³/mol. The highest BCUT2D eigenvalue weighted by atomic mass is 32.1.